The van der Waals surface area contributed by atoms with Crippen molar-refractivity contribution in [3.8, 4) is 0 Å². The van der Waals surface area contributed by atoms with Crippen molar-refractivity contribution < 1.29 is 0 Å². The second-order valence-electron chi connectivity index (χ2n) is 4.70. The highest BCUT2D eigenvalue weighted by Gasteiger charge is 2.35. The zero-order valence-corrected chi connectivity index (χ0v) is 8.71. The van der Waals surface area contributed by atoms with E-state index >= 15 is 0 Å². The molecule has 0 aromatic heterocycles. The number of rotatable bonds is 3. The zero-order chi connectivity index (χ0) is 9.26. The highest BCUT2D eigenvalue weighted by Crippen LogP contribution is 2.37. The van der Waals surface area contributed by atoms with Gasteiger partial charge in [-0.3, -0.25) is 4.90 Å². The van der Waals surface area contributed by atoms with Crippen LogP contribution in [-0.2, 0) is 0 Å². The third-order valence-electron chi connectivity index (χ3n) is 3.77. The van der Waals surface area contributed by atoms with Gasteiger partial charge < -0.3 is 5.73 Å². The first-order valence-corrected chi connectivity index (χ1v) is 5.78. The van der Waals surface area contributed by atoms with Crippen LogP contribution in [0.3, 0.4) is 0 Å². The molecule has 0 bridgehead atoms. The summed E-state index contributed by atoms with van der Waals surface area (Å²) in [6, 6.07) is 1.48. The maximum atomic E-state index is 5.81. The summed E-state index contributed by atoms with van der Waals surface area (Å²) < 4.78 is 0. The molecule has 1 aliphatic heterocycles. The van der Waals surface area contributed by atoms with Crippen LogP contribution in [0.2, 0.25) is 0 Å². The molecule has 1 aliphatic carbocycles. The van der Waals surface area contributed by atoms with Gasteiger partial charge in [0.15, 0.2) is 0 Å². The van der Waals surface area contributed by atoms with E-state index in [0.29, 0.717) is 6.04 Å². The Labute approximate surface area is 81.5 Å². The van der Waals surface area contributed by atoms with Crippen molar-refractivity contribution in [1.29, 1.82) is 0 Å². The summed E-state index contributed by atoms with van der Waals surface area (Å²) in [5.41, 5.74) is 5.81. The topological polar surface area (TPSA) is 29.3 Å². The van der Waals surface area contributed by atoms with E-state index < -0.39 is 0 Å². The van der Waals surface area contributed by atoms with Crippen LogP contribution in [0.4, 0.5) is 0 Å². The molecule has 0 aromatic carbocycles. The van der Waals surface area contributed by atoms with Crippen molar-refractivity contribution >= 4 is 0 Å². The molecular weight excluding hydrogens is 160 g/mol. The monoisotopic (exact) mass is 182 g/mol. The fourth-order valence-electron chi connectivity index (χ4n) is 2.66. The maximum absolute atomic E-state index is 5.81. The van der Waals surface area contributed by atoms with E-state index in [4.69, 9.17) is 5.73 Å². The first-order valence-electron chi connectivity index (χ1n) is 5.78. The van der Waals surface area contributed by atoms with Crippen molar-refractivity contribution in [2.45, 2.75) is 51.1 Å². The predicted molar refractivity (Wildman–Crippen MR) is 55.6 cm³/mol. The third-order valence-corrected chi connectivity index (χ3v) is 3.77. The molecule has 2 heteroatoms. The van der Waals surface area contributed by atoms with Gasteiger partial charge in [0.25, 0.3) is 0 Å². The van der Waals surface area contributed by atoms with Gasteiger partial charge in [0, 0.05) is 18.6 Å². The van der Waals surface area contributed by atoms with E-state index in [1.807, 2.05) is 0 Å². The fourth-order valence-corrected chi connectivity index (χ4v) is 2.66. The lowest BCUT2D eigenvalue weighted by molar-refractivity contribution is 0.0961. The van der Waals surface area contributed by atoms with Crippen molar-refractivity contribution in [2.75, 3.05) is 13.1 Å². The highest BCUT2D eigenvalue weighted by molar-refractivity contribution is 4.90. The van der Waals surface area contributed by atoms with Crippen molar-refractivity contribution in [2.24, 2.45) is 11.7 Å². The molecule has 13 heavy (non-hydrogen) atoms. The summed E-state index contributed by atoms with van der Waals surface area (Å²) in [5.74, 6) is 0.993. The van der Waals surface area contributed by atoms with E-state index in [1.54, 1.807) is 0 Å². The minimum Gasteiger partial charge on any atom is -0.329 e. The molecule has 2 atom stereocenters. The van der Waals surface area contributed by atoms with Crippen LogP contribution < -0.4 is 5.73 Å². The lowest BCUT2D eigenvalue weighted by atomic mass is 9.99. The number of nitrogens with zero attached hydrogens (tertiary/aromatic N) is 1. The summed E-state index contributed by atoms with van der Waals surface area (Å²) in [7, 11) is 0. The average molecular weight is 182 g/mol. The number of piperidine rings is 1. The molecule has 2 rings (SSSR count). The Morgan fingerprint density at radius 1 is 1.31 bits per heavy atom. The van der Waals surface area contributed by atoms with Gasteiger partial charge in [-0.15, -0.1) is 0 Å². The lowest BCUT2D eigenvalue weighted by Gasteiger charge is -2.39. The number of hydrogen-bond donors (Lipinski definition) is 1. The lowest BCUT2D eigenvalue weighted by Crippen LogP contribution is -2.49. The maximum Gasteiger partial charge on any atom is 0.0221 e. The Kier molecular flexibility index (Phi) is 2.89. The molecule has 2 unspecified atom stereocenters. The molecule has 2 N–H and O–H groups in total. The number of hydrogen-bond acceptors (Lipinski definition) is 2. The van der Waals surface area contributed by atoms with Gasteiger partial charge in [-0.2, -0.15) is 0 Å². The Morgan fingerprint density at radius 2 is 2.08 bits per heavy atom. The summed E-state index contributed by atoms with van der Waals surface area (Å²) in [4.78, 5) is 2.67. The molecule has 0 amide bonds. The molecule has 1 heterocycles. The van der Waals surface area contributed by atoms with E-state index in [-0.39, 0.29) is 0 Å². The Bertz CT molecular complexity index is 163. The summed E-state index contributed by atoms with van der Waals surface area (Å²) >= 11 is 0. The van der Waals surface area contributed by atoms with Crippen LogP contribution in [0.5, 0.6) is 0 Å². The molecular formula is C11H22N2. The van der Waals surface area contributed by atoms with Crippen molar-refractivity contribution in [3.05, 3.63) is 0 Å². The zero-order valence-electron chi connectivity index (χ0n) is 8.71. The van der Waals surface area contributed by atoms with Crippen LogP contribution in [-0.4, -0.2) is 30.1 Å². The van der Waals surface area contributed by atoms with Crippen LogP contribution in [0, 0.1) is 5.92 Å². The molecule has 0 spiro atoms. The van der Waals surface area contributed by atoms with E-state index in [1.165, 1.54) is 38.6 Å². The SMILES string of the molecule is CC(C1CC1)N1CCCCC1CN. The van der Waals surface area contributed by atoms with Crippen LogP contribution in [0.1, 0.15) is 39.0 Å². The van der Waals surface area contributed by atoms with Crippen molar-refractivity contribution in [3.63, 3.8) is 0 Å². The van der Waals surface area contributed by atoms with Gasteiger partial charge in [0.2, 0.25) is 0 Å². The van der Waals surface area contributed by atoms with Gasteiger partial charge in [0.1, 0.15) is 0 Å². The highest BCUT2D eigenvalue weighted by atomic mass is 15.2. The quantitative estimate of drug-likeness (QED) is 0.718. The average Bonchev–Trinajstić information content (AvgIpc) is 3.00. The van der Waals surface area contributed by atoms with Gasteiger partial charge in [-0.05, 0) is 45.1 Å². The minimum atomic E-state index is 0.685. The first-order chi connectivity index (χ1) is 6.33. The summed E-state index contributed by atoms with van der Waals surface area (Å²) in [6.07, 6.45) is 7.00. The second kappa shape index (κ2) is 3.97. The van der Waals surface area contributed by atoms with E-state index in [9.17, 15) is 0 Å². The fraction of sp³-hybridized carbons (Fsp3) is 1.00. The second-order valence-corrected chi connectivity index (χ2v) is 4.70. The molecule has 2 nitrogen and oxygen atoms in total. The largest absolute Gasteiger partial charge is 0.329 e. The standard InChI is InChI=1S/C11H22N2/c1-9(10-5-6-10)13-7-3-2-4-11(13)8-12/h9-11H,2-8,12H2,1H3. The molecule has 1 saturated carbocycles. The van der Waals surface area contributed by atoms with Crippen molar-refractivity contribution in [1.82, 2.24) is 4.90 Å². The van der Waals surface area contributed by atoms with E-state index in [2.05, 4.69) is 11.8 Å². The van der Waals surface area contributed by atoms with Gasteiger partial charge in [-0.25, -0.2) is 0 Å². The Balaban J connectivity index is 1.92. The molecule has 0 aromatic rings. The van der Waals surface area contributed by atoms with Crippen LogP contribution in [0.25, 0.3) is 0 Å². The Morgan fingerprint density at radius 3 is 2.69 bits per heavy atom. The summed E-state index contributed by atoms with van der Waals surface area (Å²) in [6.45, 7) is 4.54. The third kappa shape index (κ3) is 2.05. The molecule has 2 fully saturated rings. The van der Waals surface area contributed by atoms with Crippen LogP contribution in [0.15, 0.2) is 0 Å². The van der Waals surface area contributed by atoms with Gasteiger partial charge in [-0.1, -0.05) is 6.42 Å². The minimum absolute atomic E-state index is 0.685. The van der Waals surface area contributed by atoms with Crippen LogP contribution >= 0.6 is 0 Å². The van der Waals surface area contributed by atoms with Gasteiger partial charge in [0.05, 0.1) is 0 Å². The summed E-state index contributed by atoms with van der Waals surface area (Å²) in [5, 5.41) is 0. The molecule has 2 aliphatic rings. The normalized spacial score (nSPS) is 33.2. The smallest absolute Gasteiger partial charge is 0.0221 e. The number of likely N-dealkylation sites (tertiary alicyclic amines) is 1. The molecule has 1 saturated heterocycles. The van der Waals surface area contributed by atoms with E-state index in [0.717, 1.165) is 18.5 Å². The number of nitrogens with two attached hydrogens (primary N) is 1. The Hall–Kier alpha value is -0.0800. The molecule has 0 radical (unpaired) electrons. The molecule has 76 valence electrons. The first kappa shape index (κ1) is 9.47. The van der Waals surface area contributed by atoms with Gasteiger partial charge >= 0.3 is 0 Å². The predicted octanol–water partition coefficient (Wildman–Crippen LogP) is 1.60.